The molecule has 0 fully saturated rings. The van der Waals surface area contributed by atoms with Gasteiger partial charge in [0.15, 0.2) is 0 Å². The maximum Gasteiger partial charge on any atom is 0.270 e. The summed E-state index contributed by atoms with van der Waals surface area (Å²) in [7, 11) is 0. The van der Waals surface area contributed by atoms with E-state index in [-0.39, 0.29) is 17.6 Å². The molecule has 1 amide bonds. The van der Waals surface area contributed by atoms with E-state index in [1.54, 1.807) is 6.07 Å². The van der Waals surface area contributed by atoms with Crippen molar-refractivity contribution in [3.63, 3.8) is 0 Å². The monoisotopic (exact) mass is 265 g/mol. The van der Waals surface area contributed by atoms with Crippen LogP contribution in [-0.2, 0) is 0 Å². The molecule has 0 heterocycles. The summed E-state index contributed by atoms with van der Waals surface area (Å²) in [4.78, 5) is 22.4. The second-order valence-electron chi connectivity index (χ2n) is 4.30. The minimum Gasteiger partial charge on any atom is -0.385 e. The molecule has 0 aliphatic heterocycles. The first kappa shape index (κ1) is 14.9. The highest BCUT2D eigenvalue weighted by molar-refractivity contribution is 6.00. The Kier molecular flexibility index (Phi) is 5.29. The Morgan fingerprint density at radius 1 is 1.42 bits per heavy atom. The Labute approximate surface area is 112 Å². The van der Waals surface area contributed by atoms with Crippen molar-refractivity contribution in [2.24, 2.45) is 0 Å². The fourth-order valence-electron chi connectivity index (χ4n) is 1.58. The van der Waals surface area contributed by atoms with Gasteiger partial charge in [0.25, 0.3) is 11.6 Å². The number of rotatable bonds is 6. The summed E-state index contributed by atoms with van der Waals surface area (Å²) < 4.78 is 0. The summed E-state index contributed by atoms with van der Waals surface area (Å²) in [5.41, 5.74) is 0.821. The first-order valence-corrected chi connectivity index (χ1v) is 6.32. The van der Waals surface area contributed by atoms with Crippen LogP contribution >= 0.6 is 0 Å². The number of anilines is 1. The average molecular weight is 265 g/mol. The number of amides is 1. The lowest BCUT2D eigenvalue weighted by Gasteiger charge is -2.14. The van der Waals surface area contributed by atoms with Crippen molar-refractivity contribution in [3.05, 3.63) is 33.9 Å². The Bertz CT molecular complexity index is 474. The van der Waals surface area contributed by atoms with E-state index in [4.69, 9.17) is 0 Å². The molecule has 104 valence electrons. The van der Waals surface area contributed by atoms with Crippen LogP contribution in [0.2, 0.25) is 0 Å². The van der Waals surface area contributed by atoms with Crippen LogP contribution in [0.4, 0.5) is 11.4 Å². The van der Waals surface area contributed by atoms with Crippen molar-refractivity contribution in [1.29, 1.82) is 0 Å². The van der Waals surface area contributed by atoms with E-state index in [0.717, 1.165) is 6.42 Å². The molecule has 0 spiro atoms. The molecular weight excluding hydrogens is 246 g/mol. The molecule has 6 heteroatoms. The molecular formula is C13H19N3O3. The van der Waals surface area contributed by atoms with E-state index in [1.165, 1.54) is 12.1 Å². The predicted molar refractivity (Wildman–Crippen MR) is 74.5 cm³/mol. The average Bonchev–Trinajstić information content (AvgIpc) is 2.38. The number of nitro groups is 1. The Balaban J connectivity index is 3.09. The van der Waals surface area contributed by atoms with Gasteiger partial charge in [-0.25, -0.2) is 0 Å². The van der Waals surface area contributed by atoms with Crippen LogP contribution in [0.5, 0.6) is 0 Å². The van der Waals surface area contributed by atoms with E-state index < -0.39 is 4.92 Å². The minimum absolute atomic E-state index is 0.0289. The quantitative estimate of drug-likeness (QED) is 0.611. The number of non-ortho nitro benzene ring substituents is 1. The van der Waals surface area contributed by atoms with Gasteiger partial charge in [0, 0.05) is 30.4 Å². The third-order valence-electron chi connectivity index (χ3n) is 2.82. The molecule has 1 unspecified atom stereocenters. The van der Waals surface area contributed by atoms with Crippen molar-refractivity contribution < 1.29 is 9.72 Å². The third-order valence-corrected chi connectivity index (χ3v) is 2.82. The van der Waals surface area contributed by atoms with Crippen molar-refractivity contribution >= 4 is 17.3 Å². The molecule has 0 radical (unpaired) electrons. The van der Waals surface area contributed by atoms with Gasteiger partial charge >= 0.3 is 0 Å². The number of nitrogens with one attached hydrogen (secondary N) is 2. The Hall–Kier alpha value is -2.11. The van der Waals surface area contributed by atoms with Crippen LogP contribution < -0.4 is 10.6 Å². The summed E-state index contributed by atoms with van der Waals surface area (Å²) in [5.74, 6) is -0.297. The van der Waals surface area contributed by atoms with E-state index in [9.17, 15) is 14.9 Å². The Morgan fingerprint density at radius 2 is 2.11 bits per heavy atom. The zero-order chi connectivity index (χ0) is 14.4. The Morgan fingerprint density at radius 3 is 2.63 bits per heavy atom. The standard InChI is InChI=1S/C13H19N3O3/c1-4-9(3)15-13(17)11-8-10(16(18)19)6-7-12(11)14-5-2/h6-9,14H,4-5H2,1-3H3,(H,15,17). The van der Waals surface area contributed by atoms with Crippen LogP contribution in [0.1, 0.15) is 37.6 Å². The highest BCUT2D eigenvalue weighted by Crippen LogP contribution is 2.22. The third kappa shape index (κ3) is 3.94. The molecule has 0 aromatic heterocycles. The van der Waals surface area contributed by atoms with Gasteiger partial charge < -0.3 is 10.6 Å². The van der Waals surface area contributed by atoms with Gasteiger partial charge in [-0.1, -0.05) is 6.92 Å². The maximum atomic E-state index is 12.1. The van der Waals surface area contributed by atoms with Crippen molar-refractivity contribution in [3.8, 4) is 0 Å². The van der Waals surface area contributed by atoms with Gasteiger partial charge in [-0.15, -0.1) is 0 Å². The van der Waals surface area contributed by atoms with E-state index in [2.05, 4.69) is 10.6 Å². The molecule has 0 saturated heterocycles. The highest BCUT2D eigenvalue weighted by Gasteiger charge is 2.17. The molecule has 0 bridgehead atoms. The number of carbonyl (C=O) groups is 1. The molecule has 1 aromatic rings. The second kappa shape index (κ2) is 6.72. The molecule has 0 aliphatic carbocycles. The fraction of sp³-hybridized carbons (Fsp3) is 0.462. The molecule has 0 saturated carbocycles. The first-order valence-electron chi connectivity index (χ1n) is 6.32. The van der Waals surface area contributed by atoms with E-state index >= 15 is 0 Å². The fourth-order valence-corrected chi connectivity index (χ4v) is 1.58. The zero-order valence-electron chi connectivity index (χ0n) is 11.4. The van der Waals surface area contributed by atoms with Crippen molar-refractivity contribution in [1.82, 2.24) is 5.32 Å². The SMILES string of the molecule is CCNc1ccc([N+](=O)[O-])cc1C(=O)NC(C)CC. The summed E-state index contributed by atoms with van der Waals surface area (Å²) in [6.45, 7) is 6.39. The largest absolute Gasteiger partial charge is 0.385 e. The van der Waals surface area contributed by atoms with Crippen LogP contribution in [0, 0.1) is 10.1 Å². The number of nitro benzene ring substituents is 1. The van der Waals surface area contributed by atoms with Crippen LogP contribution in [0.3, 0.4) is 0 Å². The summed E-state index contributed by atoms with van der Waals surface area (Å²) in [5, 5.41) is 16.6. The molecule has 19 heavy (non-hydrogen) atoms. The van der Waals surface area contributed by atoms with Crippen molar-refractivity contribution in [2.45, 2.75) is 33.2 Å². The smallest absolute Gasteiger partial charge is 0.270 e. The number of benzene rings is 1. The summed E-state index contributed by atoms with van der Waals surface area (Å²) in [6, 6.07) is 4.28. The normalized spacial score (nSPS) is 11.7. The molecule has 0 aliphatic rings. The number of nitrogens with zero attached hydrogens (tertiary/aromatic N) is 1. The number of carbonyl (C=O) groups excluding carboxylic acids is 1. The molecule has 1 aromatic carbocycles. The lowest BCUT2D eigenvalue weighted by Crippen LogP contribution is -2.32. The van der Waals surface area contributed by atoms with Crippen LogP contribution in [-0.4, -0.2) is 23.4 Å². The zero-order valence-corrected chi connectivity index (χ0v) is 11.4. The minimum atomic E-state index is -0.504. The predicted octanol–water partition coefficient (Wildman–Crippen LogP) is 2.55. The van der Waals surface area contributed by atoms with Gasteiger partial charge in [-0.2, -0.15) is 0 Å². The molecule has 2 N–H and O–H groups in total. The second-order valence-corrected chi connectivity index (χ2v) is 4.30. The summed E-state index contributed by atoms with van der Waals surface area (Å²) in [6.07, 6.45) is 0.803. The maximum absolute atomic E-state index is 12.1. The molecule has 1 rings (SSSR count). The number of hydrogen-bond acceptors (Lipinski definition) is 4. The topological polar surface area (TPSA) is 84.3 Å². The van der Waals surface area contributed by atoms with Crippen molar-refractivity contribution in [2.75, 3.05) is 11.9 Å². The lowest BCUT2D eigenvalue weighted by molar-refractivity contribution is -0.384. The highest BCUT2D eigenvalue weighted by atomic mass is 16.6. The van der Waals surface area contributed by atoms with Crippen LogP contribution in [0.15, 0.2) is 18.2 Å². The first-order chi connectivity index (χ1) is 8.99. The molecule has 1 atom stereocenters. The number of hydrogen-bond donors (Lipinski definition) is 2. The lowest BCUT2D eigenvalue weighted by atomic mass is 10.1. The van der Waals surface area contributed by atoms with E-state index in [0.29, 0.717) is 17.8 Å². The van der Waals surface area contributed by atoms with Gasteiger partial charge in [0.1, 0.15) is 0 Å². The van der Waals surface area contributed by atoms with Gasteiger partial charge in [-0.05, 0) is 26.3 Å². The van der Waals surface area contributed by atoms with E-state index in [1.807, 2.05) is 20.8 Å². The van der Waals surface area contributed by atoms with Gasteiger partial charge in [-0.3, -0.25) is 14.9 Å². The van der Waals surface area contributed by atoms with Crippen LogP contribution in [0.25, 0.3) is 0 Å². The molecule has 6 nitrogen and oxygen atoms in total. The van der Waals surface area contributed by atoms with Gasteiger partial charge in [0.2, 0.25) is 0 Å². The van der Waals surface area contributed by atoms with Gasteiger partial charge in [0.05, 0.1) is 10.5 Å². The summed E-state index contributed by atoms with van der Waals surface area (Å²) >= 11 is 0.